The molecule has 39 heavy (non-hydrogen) atoms. The van der Waals surface area contributed by atoms with Crippen LogP contribution in [0.4, 0.5) is 0 Å². The van der Waals surface area contributed by atoms with Crippen molar-refractivity contribution in [3.63, 3.8) is 0 Å². The molecule has 5 rings (SSSR count). The Labute approximate surface area is 231 Å². The number of amides is 1. The van der Waals surface area contributed by atoms with E-state index in [0.717, 1.165) is 54.8 Å². The number of para-hydroxylation sites is 2. The average Bonchev–Trinajstić information content (AvgIpc) is 3.33. The highest BCUT2D eigenvalue weighted by Crippen LogP contribution is 2.30. The smallest absolute Gasteiger partial charge is 0.224 e. The number of methoxy groups -OCH3 is 1. The zero-order valence-corrected chi connectivity index (χ0v) is 23.2. The Morgan fingerprint density at radius 3 is 2.64 bits per heavy atom. The summed E-state index contributed by atoms with van der Waals surface area (Å²) in [7, 11) is 1.74. The molecular weight excluding hydrogens is 484 g/mol. The third kappa shape index (κ3) is 6.40. The number of carbonyl (C=O) groups excluding carboxylic acids is 1. The number of benzene rings is 3. The van der Waals surface area contributed by atoms with E-state index in [2.05, 4.69) is 78.2 Å². The molecule has 2 N–H and O–H groups in total. The average molecular weight is 525 g/mol. The summed E-state index contributed by atoms with van der Waals surface area (Å²) in [6.07, 6.45) is 3.99. The highest BCUT2D eigenvalue weighted by Gasteiger charge is 2.29. The van der Waals surface area contributed by atoms with Gasteiger partial charge in [-0.3, -0.25) is 4.79 Å². The number of ether oxygens (including phenoxy) is 1. The van der Waals surface area contributed by atoms with Gasteiger partial charge in [0.05, 0.1) is 11.0 Å². The number of likely N-dealkylation sites (tertiary alicyclic amines) is 1. The molecule has 2 heterocycles. The minimum absolute atomic E-state index is 0.144. The molecule has 2 atom stereocenters. The molecule has 6 heteroatoms. The summed E-state index contributed by atoms with van der Waals surface area (Å²) < 4.78 is 7.63. The quantitative estimate of drug-likeness (QED) is 0.270. The van der Waals surface area contributed by atoms with Crippen LogP contribution in [0.1, 0.15) is 48.6 Å². The zero-order valence-electron chi connectivity index (χ0n) is 23.2. The van der Waals surface area contributed by atoms with Crippen LogP contribution in [0.5, 0.6) is 0 Å². The number of nitrogens with two attached hydrogens (primary N) is 1. The second-order valence-corrected chi connectivity index (χ2v) is 10.8. The third-order valence-corrected chi connectivity index (χ3v) is 7.90. The molecule has 1 saturated heterocycles. The minimum Gasteiger partial charge on any atom is -0.385 e. The summed E-state index contributed by atoms with van der Waals surface area (Å²) in [5.74, 6) is 1.46. The first kappa shape index (κ1) is 27.1. The van der Waals surface area contributed by atoms with E-state index in [1.165, 1.54) is 16.7 Å². The Morgan fingerprint density at radius 1 is 1.08 bits per heavy atom. The van der Waals surface area contributed by atoms with Crippen molar-refractivity contribution >= 4 is 16.9 Å². The molecule has 1 aliphatic heterocycles. The van der Waals surface area contributed by atoms with Crippen LogP contribution in [-0.2, 0) is 22.5 Å². The Morgan fingerprint density at radius 2 is 1.85 bits per heavy atom. The van der Waals surface area contributed by atoms with Crippen LogP contribution in [0.15, 0.2) is 72.8 Å². The lowest BCUT2D eigenvalue weighted by molar-refractivity contribution is -0.132. The summed E-state index contributed by atoms with van der Waals surface area (Å²) in [4.78, 5) is 20.3. The predicted octanol–water partition coefficient (Wildman–Crippen LogP) is 5.71. The van der Waals surface area contributed by atoms with Crippen molar-refractivity contribution in [3.05, 3.63) is 89.7 Å². The Hall–Kier alpha value is -3.48. The van der Waals surface area contributed by atoms with E-state index in [4.69, 9.17) is 15.5 Å². The SMILES string of the molecule is COCCCn1c([C@@H]2CCCN(C(=O)C[C@H](N)Cc3ccc(-c4ccccc4C)cc3)C2)nc2ccccc21. The van der Waals surface area contributed by atoms with E-state index in [-0.39, 0.29) is 17.9 Å². The molecule has 6 nitrogen and oxygen atoms in total. The molecule has 3 aromatic carbocycles. The van der Waals surface area contributed by atoms with Gasteiger partial charge in [0, 0.05) is 51.7 Å². The maximum atomic E-state index is 13.3. The first-order valence-corrected chi connectivity index (χ1v) is 14.2. The van der Waals surface area contributed by atoms with Gasteiger partial charge in [0.1, 0.15) is 5.82 Å². The number of imidazole rings is 1. The molecule has 0 aliphatic carbocycles. The second-order valence-electron chi connectivity index (χ2n) is 10.8. The van der Waals surface area contributed by atoms with Crippen LogP contribution in [0.25, 0.3) is 22.2 Å². The number of rotatable bonds is 10. The number of hydrogen-bond acceptors (Lipinski definition) is 4. The molecule has 0 spiro atoms. The number of piperidine rings is 1. The van der Waals surface area contributed by atoms with E-state index >= 15 is 0 Å². The van der Waals surface area contributed by atoms with Gasteiger partial charge in [0.15, 0.2) is 0 Å². The predicted molar refractivity (Wildman–Crippen MR) is 158 cm³/mol. The monoisotopic (exact) mass is 524 g/mol. The van der Waals surface area contributed by atoms with Gasteiger partial charge >= 0.3 is 0 Å². The first-order valence-electron chi connectivity index (χ1n) is 14.2. The third-order valence-electron chi connectivity index (χ3n) is 7.90. The van der Waals surface area contributed by atoms with Gasteiger partial charge < -0.3 is 19.9 Å². The number of carbonyl (C=O) groups is 1. The fraction of sp³-hybridized carbons (Fsp3) is 0.394. The standard InChI is InChI=1S/C33H40N4O2/c1-24-9-3-4-11-29(24)26-16-14-25(15-17-26)21-28(34)22-32(38)36-18-7-10-27(23-36)33-35-30-12-5-6-13-31(30)37(33)19-8-20-39-2/h3-6,9,11-17,27-28H,7-8,10,18-23,34H2,1-2H3/t27-,28-/m1/s1. The van der Waals surface area contributed by atoms with Crippen molar-refractivity contribution in [2.75, 3.05) is 26.8 Å². The summed E-state index contributed by atoms with van der Waals surface area (Å²) in [5, 5.41) is 0. The molecule has 1 amide bonds. The van der Waals surface area contributed by atoms with Gasteiger partial charge in [-0.1, -0.05) is 60.7 Å². The van der Waals surface area contributed by atoms with Crippen molar-refractivity contribution in [2.24, 2.45) is 5.73 Å². The number of aryl methyl sites for hydroxylation is 2. The lowest BCUT2D eigenvalue weighted by Gasteiger charge is -2.33. The Bertz CT molecular complexity index is 1390. The number of fused-ring (bicyclic) bond motifs is 1. The highest BCUT2D eigenvalue weighted by atomic mass is 16.5. The Kier molecular flexibility index (Phi) is 8.74. The molecular formula is C33H40N4O2. The summed E-state index contributed by atoms with van der Waals surface area (Å²) in [5.41, 5.74) is 13.5. The first-order chi connectivity index (χ1) is 19.0. The normalized spacial score (nSPS) is 16.5. The highest BCUT2D eigenvalue weighted by molar-refractivity contribution is 5.78. The molecule has 4 aromatic rings. The topological polar surface area (TPSA) is 73.4 Å². The Balaban J connectivity index is 1.21. The van der Waals surface area contributed by atoms with Crippen LogP contribution < -0.4 is 5.73 Å². The van der Waals surface area contributed by atoms with E-state index < -0.39 is 0 Å². The van der Waals surface area contributed by atoms with Gasteiger partial charge in [-0.15, -0.1) is 0 Å². The fourth-order valence-electron chi connectivity index (χ4n) is 5.87. The van der Waals surface area contributed by atoms with E-state index in [1.54, 1.807) is 7.11 Å². The van der Waals surface area contributed by atoms with Gasteiger partial charge in [0.25, 0.3) is 0 Å². The van der Waals surface area contributed by atoms with Crippen LogP contribution in [0.2, 0.25) is 0 Å². The molecule has 0 radical (unpaired) electrons. The summed E-state index contributed by atoms with van der Waals surface area (Å²) in [6, 6.07) is 25.1. The largest absolute Gasteiger partial charge is 0.385 e. The maximum absolute atomic E-state index is 13.3. The van der Waals surface area contributed by atoms with Gasteiger partial charge in [-0.05, 0) is 67.0 Å². The van der Waals surface area contributed by atoms with E-state index in [0.29, 0.717) is 26.0 Å². The molecule has 0 unspecified atom stereocenters. The van der Waals surface area contributed by atoms with Crippen molar-refractivity contribution in [1.82, 2.24) is 14.5 Å². The zero-order chi connectivity index (χ0) is 27.2. The lowest BCUT2D eigenvalue weighted by Crippen LogP contribution is -2.42. The van der Waals surface area contributed by atoms with Gasteiger partial charge in [-0.2, -0.15) is 0 Å². The summed E-state index contributed by atoms with van der Waals surface area (Å²) in [6.45, 7) is 5.20. The van der Waals surface area contributed by atoms with Crippen LogP contribution in [0.3, 0.4) is 0 Å². The molecule has 1 fully saturated rings. The van der Waals surface area contributed by atoms with Gasteiger partial charge in [0.2, 0.25) is 5.91 Å². The second kappa shape index (κ2) is 12.6. The van der Waals surface area contributed by atoms with Crippen LogP contribution in [0, 0.1) is 6.92 Å². The molecule has 0 saturated carbocycles. The van der Waals surface area contributed by atoms with E-state index in [9.17, 15) is 4.79 Å². The number of hydrogen-bond donors (Lipinski definition) is 1. The van der Waals surface area contributed by atoms with Gasteiger partial charge in [-0.25, -0.2) is 4.98 Å². The molecule has 1 aromatic heterocycles. The number of nitrogens with zero attached hydrogens (tertiary/aromatic N) is 3. The van der Waals surface area contributed by atoms with Crippen molar-refractivity contribution in [2.45, 2.75) is 57.5 Å². The maximum Gasteiger partial charge on any atom is 0.224 e. The van der Waals surface area contributed by atoms with Crippen molar-refractivity contribution < 1.29 is 9.53 Å². The van der Waals surface area contributed by atoms with Crippen LogP contribution >= 0.6 is 0 Å². The lowest BCUT2D eigenvalue weighted by atomic mass is 9.95. The molecule has 204 valence electrons. The van der Waals surface area contributed by atoms with Crippen molar-refractivity contribution in [1.29, 1.82) is 0 Å². The minimum atomic E-state index is -0.208. The van der Waals surface area contributed by atoms with Crippen molar-refractivity contribution in [3.8, 4) is 11.1 Å². The molecule has 0 bridgehead atoms. The van der Waals surface area contributed by atoms with E-state index in [1.807, 2.05) is 11.0 Å². The number of aromatic nitrogens is 2. The fourth-order valence-corrected chi connectivity index (χ4v) is 5.87. The summed E-state index contributed by atoms with van der Waals surface area (Å²) >= 11 is 0. The van der Waals surface area contributed by atoms with Crippen LogP contribution in [-0.4, -0.2) is 53.2 Å². The molecule has 1 aliphatic rings.